The summed E-state index contributed by atoms with van der Waals surface area (Å²) in [6.45, 7) is 3.04. The van der Waals surface area contributed by atoms with Crippen LogP contribution >= 0.6 is 24.0 Å². The lowest BCUT2D eigenvalue weighted by Crippen LogP contribution is -2.37. The number of imidazole rings is 1. The second kappa shape index (κ2) is 9.93. The van der Waals surface area contributed by atoms with Crippen LogP contribution in [0.1, 0.15) is 32.6 Å². The van der Waals surface area contributed by atoms with Crippen LogP contribution in [0.5, 0.6) is 0 Å². The highest BCUT2D eigenvalue weighted by Gasteiger charge is 2.10. The maximum atomic E-state index is 12.6. The Bertz CT molecular complexity index is 381. The van der Waals surface area contributed by atoms with Gasteiger partial charge >= 0.3 is 6.55 Å². The molecule has 1 aromatic rings. The van der Waals surface area contributed by atoms with Crippen molar-refractivity contribution in [1.82, 2.24) is 20.2 Å². The first-order valence-electron chi connectivity index (χ1n) is 6.01. The predicted octanol–water partition coefficient (Wildman–Crippen LogP) is 2.36. The molecule has 2 N–H and O–H groups in total. The number of aromatic nitrogens is 2. The second-order valence-corrected chi connectivity index (χ2v) is 3.65. The molecule has 0 spiro atoms. The Morgan fingerprint density at radius 1 is 1.42 bits per heavy atom. The van der Waals surface area contributed by atoms with E-state index in [0.29, 0.717) is 5.96 Å². The van der Waals surface area contributed by atoms with Crippen LogP contribution in [0.2, 0.25) is 0 Å². The highest BCUT2D eigenvalue weighted by molar-refractivity contribution is 14.0. The molecule has 0 aromatic carbocycles. The molecule has 0 saturated carbocycles. The first-order chi connectivity index (χ1) is 8.69. The van der Waals surface area contributed by atoms with Gasteiger partial charge in [-0.3, -0.25) is 4.57 Å². The fraction of sp³-hybridized carbons (Fsp3) is 0.636. The fourth-order valence-electron chi connectivity index (χ4n) is 1.38. The maximum Gasteiger partial charge on any atom is 0.319 e. The van der Waals surface area contributed by atoms with Gasteiger partial charge in [0.25, 0.3) is 0 Å². The zero-order valence-corrected chi connectivity index (χ0v) is 13.4. The van der Waals surface area contributed by atoms with E-state index in [1.807, 2.05) is 13.8 Å². The molecule has 19 heavy (non-hydrogen) atoms. The number of nitrogens with zero attached hydrogens (tertiary/aromatic N) is 3. The largest absolute Gasteiger partial charge is 0.357 e. The Labute approximate surface area is 128 Å². The number of halogens is 3. The van der Waals surface area contributed by atoms with Gasteiger partial charge in [0.2, 0.25) is 0 Å². The standard InChI is InChI=1S/C11H19F2N5.HI/c1-3-5-16-11(14-4-2)17-8-9-15-6-7-18(9)10(12)13;/h6-7,10H,3-5,8H2,1-2H3,(H2,14,16,17);1H. The van der Waals surface area contributed by atoms with Crippen LogP contribution in [-0.4, -0.2) is 28.6 Å². The Hall–Kier alpha value is -0.930. The lowest BCUT2D eigenvalue weighted by Gasteiger charge is -2.10. The third-order valence-corrected chi connectivity index (χ3v) is 2.22. The van der Waals surface area contributed by atoms with E-state index in [4.69, 9.17) is 0 Å². The van der Waals surface area contributed by atoms with E-state index in [-0.39, 0.29) is 36.3 Å². The van der Waals surface area contributed by atoms with E-state index in [9.17, 15) is 8.78 Å². The smallest absolute Gasteiger partial charge is 0.319 e. The van der Waals surface area contributed by atoms with E-state index in [1.54, 1.807) is 0 Å². The second-order valence-electron chi connectivity index (χ2n) is 3.65. The van der Waals surface area contributed by atoms with Gasteiger partial charge in [-0.05, 0) is 13.3 Å². The van der Waals surface area contributed by atoms with Crippen LogP contribution in [0.4, 0.5) is 8.78 Å². The van der Waals surface area contributed by atoms with Crippen LogP contribution in [0.25, 0.3) is 0 Å². The monoisotopic (exact) mass is 387 g/mol. The van der Waals surface area contributed by atoms with Gasteiger partial charge in [-0.1, -0.05) is 6.92 Å². The highest BCUT2D eigenvalue weighted by Crippen LogP contribution is 2.12. The zero-order valence-electron chi connectivity index (χ0n) is 11.1. The van der Waals surface area contributed by atoms with E-state index in [0.717, 1.165) is 24.1 Å². The molecule has 0 radical (unpaired) electrons. The van der Waals surface area contributed by atoms with Gasteiger partial charge in [0.1, 0.15) is 12.4 Å². The summed E-state index contributed by atoms with van der Waals surface area (Å²) in [4.78, 5) is 8.08. The normalized spacial score (nSPS) is 11.3. The molecule has 0 atom stereocenters. The molecule has 1 rings (SSSR count). The van der Waals surface area contributed by atoms with Gasteiger partial charge in [-0.15, -0.1) is 24.0 Å². The summed E-state index contributed by atoms with van der Waals surface area (Å²) < 4.78 is 26.0. The SMILES string of the molecule is CCCNC(=NCc1nccn1C(F)F)NCC.I. The summed E-state index contributed by atoms with van der Waals surface area (Å²) >= 11 is 0. The van der Waals surface area contributed by atoms with Crippen LogP contribution in [0.15, 0.2) is 17.4 Å². The third kappa shape index (κ3) is 6.17. The number of guanidine groups is 1. The third-order valence-electron chi connectivity index (χ3n) is 2.22. The van der Waals surface area contributed by atoms with Gasteiger partial charge in [-0.25, -0.2) is 9.98 Å². The van der Waals surface area contributed by atoms with E-state index in [1.165, 1.54) is 12.4 Å². The van der Waals surface area contributed by atoms with Gasteiger partial charge in [0, 0.05) is 25.5 Å². The quantitative estimate of drug-likeness (QED) is 0.448. The molecule has 0 aliphatic rings. The number of hydrogen-bond donors (Lipinski definition) is 2. The first kappa shape index (κ1) is 18.1. The van der Waals surface area contributed by atoms with E-state index >= 15 is 0 Å². The van der Waals surface area contributed by atoms with Crippen LogP contribution in [0.3, 0.4) is 0 Å². The van der Waals surface area contributed by atoms with Crippen molar-refractivity contribution in [2.45, 2.75) is 33.4 Å². The first-order valence-corrected chi connectivity index (χ1v) is 6.01. The van der Waals surface area contributed by atoms with Crippen LogP contribution in [0, 0.1) is 0 Å². The Kier molecular flexibility index (Phi) is 9.44. The summed E-state index contributed by atoms with van der Waals surface area (Å²) in [6.07, 6.45) is 3.57. The van der Waals surface area contributed by atoms with Gasteiger partial charge in [-0.2, -0.15) is 8.78 Å². The molecule has 110 valence electrons. The van der Waals surface area contributed by atoms with E-state index < -0.39 is 6.55 Å². The number of aliphatic imine (C=N–C) groups is 1. The average molecular weight is 387 g/mol. The highest BCUT2D eigenvalue weighted by atomic mass is 127. The minimum Gasteiger partial charge on any atom is -0.357 e. The topological polar surface area (TPSA) is 54.2 Å². The minimum atomic E-state index is -2.58. The molecule has 0 fully saturated rings. The summed E-state index contributed by atoms with van der Waals surface area (Å²) in [5.41, 5.74) is 0. The van der Waals surface area contributed by atoms with Gasteiger partial charge in [0.05, 0.1) is 0 Å². The van der Waals surface area contributed by atoms with Crippen molar-refractivity contribution in [2.24, 2.45) is 4.99 Å². The lowest BCUT2D eigenvalue weighted by atomic mass is 10.5. The van der Waals surface area contributed by atoms with Crippen molar-refractivity contribution in [3.63, 3.8) is 0 Å². The van der Waals surface area contributed by atoms with Crippen LogP contribution < -0.4 is 10.6 Å². The predicted molar refractivity (Wildman–Crippen MR) is 82.0 cm³/mol. The van der Waals surface area contributed by atoms with Crippen molar-refractivity contribution in [2.75, 3.05) is 13.1 Å². The molecule has 8 heteroatoms. The maximum absolute atomic E-state index is 12.6. The molecule has 0 aliphatic carbocycles. The number of alkyl halides is 2. The van der Waals surface area contributed by atoms with Crippen molar-refractivity contribution >= 4 is 29.9 Å². The van der Waals surface area contributed by atoms with E-state index in [2.05, 4.69) is 20.6 Å². The molecule has 0 amide bonds. The zero-order chi connectivity index (χ0) is 13.4. The molecule has 0 aliphatic heterocycles. The van der Waals surface area contributed by atoms with Gasteiger partial charge in [0.15, 0.2) is 5.96 Å². The number of hydrogen-bond acceptors (Lipinski definition) is 2. The van der Waals surface area contributed by atoms with Crippen molar-refractivity contribution in [3.05, 3.63) is 18.2 Å². The minimum absolute atomic E-state index is 0. The lowest BCUT2D eigenvalue weighted by molar-refractivity contribution is 0.0671. The molecule has 0 saturated heterocycles. The van der Waals surface area contributed by atoms with Crippen LogP contribution in [-0.2, 0) is 6.54 Å². The van der Waals surface area contributed by atoms with Gasteiger partial charge < -0.3 is 10.6 Å². The number of rotatable bonds is 6. The Morgan fingerprint density at radius 3 is 2.74 bits per heavy atom. The van der Waals surface area contributed by atoms with Crippen molar-refractivity contribution in [3.8, 4) is 0 Å². The molecular weight excluding hydrogens is 367 g/mol. The summed E-state index contributed by atoms with van der Waals surface area (Å²) in [6, 6.07) is 0. The Morgan fingerprint density at radius 2 is 2.16 bits per heavy atom. The molecule has 5 nitrogen and oxygen atoms in total. The van der Waals surface area contributed by atoms with Crippen molar-refractivity contribution < 1.29 is 8.78 Å². The Balaban J connectivity index is 0.00000324. The molecule has 0 bridgehead atoms. The average Bonchev–Trinajstić information content (AvgIpc) is 2.81. The summed E-state index contributed by atoms with van der Waals surface area (Å²) in [7, 11) is 0. The summed E-state index contributed by atoms with van der Waals surface area (Å²) in [5, 5.41) is 6.14. The molecule has 1 aromatic heterocycles. The number of nitrogens with one attached hydrogen (secondary N) is 2. The molecule has 1 heterocycles. The summed E-state index contributed by atoms with van der Waals surface area (Å²) in [5.74, 6) is 0.863. The van der Waals surface area contributed by atoms with Crippen molar-refractivity contribution in [1.29, 1.82) is 0 Å². The fourth-order valence-corrected chi connectivity index (χ4v) is 1.38. The molecular formula is C11H20F2IN5. The molecule has 0 unspecified atom stereocenters.